The van der Waals surface area contributed by atoms with Gasteiger partial charge in [-0.1, -0.05) is 12.1 Å². The molecule has 0 saturated carbocycles. The highest BCUT2D eigenvalue weighted by molar-refractivity contribution is 5.47. The molecule has 0 amide bonds. The monoisotopic (exact) mass is 246 g/mol. The Morgan fingerprint density at radius 1 is 1.35 bits per heavy atom. The quantitative estimate of drug-likeness (QED) is 0.884. The molecule has 0 heterocycles. The van der Waals surface area contributed by atoms with Crippen molar-refractivity contribution in [2.24, 2.45) is 11.7 Å². The molecule has 5 heteroatoms. The number of aryl methyl sites for hydroxylation is 1. The van der Waals surface area contributed by atoms with Crippen LogP contribution in [-0.2, 0) is 0 Å². The van der Waals surface area contributed by atoms with E-state index in [0.717, 1.165) is 11.3 Å². The molecule has 0 aliphatic heterocycles. The molecule has 1 unspecified atom stereocenters. The van der Waals surface area contributed by atoms with Gasteiger partial charge in [-0.3, -0.25) is 0 Å². The van der Waals surface area contributed by atoms with Gasteiger partial charge in [0.05, 0.1) is 5.92 Å². The van der Waals surface area contributed by atoms with Crippen molar-refractivity contribution in [1.82, 2.24) is 0 Å². The predicted molar refractivity (Wildman–Crippen MR) is 63.0 cm³/mol. The second kappa shape index (κ2) is 5.40. The molecule has 96 valence electrons. The summed E-state index contributed by atoms with van der Waals surface area (Å²) in [6.45, 7) is 1.39. The van der Waals surface area contributed by atoms with Gasteiger partial charge in [0.25, 0.3) is 0 Å². The van der Waals surface area contributed by atoms with Crippen LogP contribution < -0.4 is 10.6 Å². The number of nitrogens with two attached hydrogens (primary N) is 1. The number of alkyl halides is 3. The summed E-state index contributed by atoms with van der Waals surface area (Å²) >= 11 is 0. The molecule has 1 atom stereocenters. The zero-order chi connectivity index (χ0) is 13.1. The number of nitrogens with zero attached hydrogens (tertiary/aromatic N) is 1. The van der Waals surface area contributed by atoms with Gasteiger partial charge in [0.1, 0.15) is 0 Å². The number of halogens is 3. The van der Waals surface area contributed by atoms with E-state index in [9.17, 15) is 13.2 Å². The minimum atomic E-state index is -4.24. The lowest BCUT2D eigenvalue weighted by molar-refractivity contribution is -0.168. The molecule has 17 heavy (non-hydrogen) atoms. The van der Waals surface area contributed by atoms with Crippen LogP contribution in [0.3, 0.4) is 0 Å². The number of benzene rings is 1. The highest BCUT2D eigenvalue weighted by Gasteiger charge is 2.39. The van der Waals surface area contributed by atoms with E-state index in [1.165, 1.54) is 0 Å². The SMILES string of the molecule is Cc1cccc(N(C)CC(CN)C(F)(F)F)c1. The third-order valence-corrected chi connectivity index (χ3v) is 2.68. The second-order valence-corrected chi connectivity index (χ2v) is 4.19. The molecule has 2 nitrogen and oxygen atoms in total. The highest BCUT2D eigenvalue weighted by Crippen LogP contribution is 2.27. The first kappa shape index (κ1) is 13.8. The Balaban J connectivity index is 2.74. The smallest absolute Gasteiger partial charge is 0.374 e. The summed E-state index contributed by atoms with van der Waals surface area (Å²) in [5.74, 6) is -1.49. The third-order valence-electron chi connectivity index (χ3n) is 2.68. The van der Waals surface area contributed by atoms with Crippen LogP contribution in [0.5, 0.6) is 0 Å². The van der Waals surface area contributed by atoms with Crippen LogP contribution in [0.4, 0.5) is 18.9 Å². The zero-order valence-corrected chi connectivity index (χ0v) is 9.96. The van der Waals surface area contributed by atoms with E-state index in [4.69, 9.17) is 5.73 Å². The lowest BCUT2D eigenvalue weighted by Crippen LogP contribution is -2.39. The number of rotatable bonds is 4. The molecule has 1 aromatic rings. The maximum absolute atomic E-state index is 12.6. The number of hydrogen-bond donors (Lipinski definition) is 1. The molecule has 0 aliphatic rings. The van der Waals surface area contributed by atoms with Gasteiger partial charge in [-0.2, -0.15) is 13.2 Å². The Kier molecular flexibility index (Phi) is 4.40. The summed E-state index contributed by atoms with van der Waals surface area (Å²) in [6, 6.07) is 7.37. The van der Waals surface area contributed by atoms with Gasteiger partial charge in [-0.25, -0.2) is 0 Å². The van der Waals surface area contributed by atoms with Crippen LogP contribution in [0, 0.1) is 12.8 Å². The van der Waals surface area contributed by atoms with Crippen molar-refractivity contribution in [3.63, 3.8) is 0 Å². The zero-order valence-electron chi connectivity index (χ0n) is 9.96. The summed E-state index contributed by atoms with van der Waals surface area (Å²) < 4.78 is 37.7. The average Bonchev–Trinajstić information content (AvgIpc) is 2.23. The first-order valence-electron chi connectivity index (χ1n) is 5.39. The van der Waals surface area contributed by atoms with Crippen molar-refractivity contribution < 1.29 is 13.2 Å². The number of hydrogen-bond acceptors (Lipinski definition) is 2. The normalized spacial score (nSPS) is 13.5. The minimum Gasteiger partial charge on any atom is -0.374 e. The van der Waals surface area contributed by atoms with Crippen molar-refractivity contribution in [2.45, 2.75) is 13.1 Å². The largest absolute Gasteiger partial charge is 0.394 e. The van der Waals surface area contributed by atoms with E-state index in [-0.39, 0.29) is 13.1 Å². The van der Waals surface area contributed by atoms with Gasteiger partial charge in [-0.15, -0.1) is 0 Å². The van der Waals surface area contributed by atoms with Crippen molar-refractivity contribution in [3.8, 4) is 0 Å². The van der Waals surface area contributed by atoms with Gasteiger partial charge in [0.15, 0.2) is 0 Å². The van der Waals surface area contributed by atoms with Gasteiger partial charge >= 0.3 is 6.18 Å². The van der Waals surface area contributed by atoms with Gasteiger partial charge in [-0.05, 0) is 24.6 Å². The van der Waals surface area contributed by atoms with E-state index in [1.807, 2.05) is 25.1 Å². The Bertz CT molecular complexity index is 363. The van der Waals surface area contributed by atoms with E-state index >= 15 is 0 Å². The lowest BCUT2D eigenvalue weighted by Gasteiger charge is -2.26. The van der Waals surface area contributed by atoms with Crippen LogP contribution in [0.1, 0.15) is 5.56 Å². The molecule has 0 radical (unpaired) electrons. The summed E-state index contributed by atoms with van der Waals surface area (Å²) in [5.41, 5.74) is 6.96. The van der Waals surface area contributed by atoms with E-state index in [1.54, 1.807) is 18.0 Å². The molecule has 0 aliphatic carbocycles. The standard InChI is InChI=1S/C12H17F3N2/c1-9-4-3-5-11(6-9)17(2)8-10(7-16)12(13,14)15/h3-6,10H,7-8,16H2,1-2H3. The maximum atomic E-state index is 12.6. The fraction of sp³-hybridized carbons (Fsp3) is 0.500. The van der Waals surface area contributed by atoms with Gasteiger partial charge in [0.2, 0.25) is 0 Å². The van der Waals surface area contributed by atoms with Crippen molar-refractivity contribution in [3.05, 3.63) is 29.8 Å². The topological polar surface area (TPSA) is 29.3 Å². The average molecular weight is 246 g/mol. The van der Waals surface area contributed by atoms with Crippen molar-refractivity contribution >= 4 is 5.69 Å². The Hall–Kier alpha value is -1.23. The van der Waals surface area contributed by atoms with Crippen LogP contribution >= 0.6 is 0 Å². The van der Waals surface area contributed by atoms with Crippen LogP contribution in [0.25, 0.3) is 0 Å². The molecule has 0 bridgehead atoms. The molecule has 1 rings (SSSR count). The van der Waals surface area contributed by atoms with E-state index in [2.05, 4.69) is 0 Å². The second-order valence-electron chi connectivity index (χ2n) is 4.19. The first-order chi connectivity index (χ1) is 7.84. The van der Waals surface area contributed by atoms with Crippen molar-refractivity contribution in [2.75, 3.05) is 25.0 Å². The Morgan fingerprint density at radius 3 is 2.47 bits per heavy atom. The molecule has 0 fully saturated rings. The molecule has 0 saturated heterocycles. The van der Waals surface area contributed by atoms with Crippen LogP contribution in [0.2, 0.25) is 0 Å². The third kappa shape index (κ3) is 3.93. The van der Waals surface area contributed by atoms with Gasteiger partial charge in [0, 0.05) is 25.8 Å². The molecular formula is C12H17F3N2. The maximum Gasteiger partial charge on any atom is 0.394 e. The molecule has 2 N–H and O–H groups in total. The highest BCUT2D eigenvalue weighted by atomic mass is 19.4. The molecule has 0 spiro atoms. The van der Waals surface area contributed by atoms with E-state index in [0.29, 0.717) is 0 Å². The minimum absolute atomic E-state index is 0.122. The Labute approximate surface area is 99.2 Å². The summed E-state index contributed by atoms with van der Waals surface area (Å²) in [5, 5.41) is 0. The molecular weight excluding hydrogens is 229 g/mol. The summed E-state index contributed by atoms with van der Waals surface area (Å²) in [6.07, 6.45) is -4.24. The lowest BCUT2D eigenvalue weighted by atomic mass is 10.1. The van der Waals surface area contributed by atoms with Crippen molar-refractivity contribution in [1.29, 1.82) is 0 Å². The van der Waals surface area contributed by atoms with Gasteiger partial charge < -0.3 is 10.6 Å². The Morgan fingerprint density at radius 2 is 2.00 bits per heavy atom. The number of anilines is 1. The fourth-order valence-electron chi connectivity index (χ4n) is 1.61. The first-order valence-corrected chi connectivity index (χ1v) is 5.39. The van der Waals surface area contributed by atoms with Crippen LogP contribution in [0.15, 0.2) is 24.3 Å². The molecule has 1 aromatic carbocycles. The fourth-order valence-corrected chi connectivity index (χ4v) is 1.61. The summed E-state index contributed by atoms with van der Waals surface area (Å²) in [7, 11) is 1.64. The molecule has 0 aromatic heterocycles. The summed E-state index contributed by atoms with van der Waals surface area (Å²) in [4.78, 5) is 1.58. The predicted octanol–water partition coefficient (Wildman–Crippen LogP) is 2.57. The van der Waals surface area contributed by atoms with E-state index < -0.39 is 12.1 Å². The van der Waals surface area contributed by atoms with Crippen LogP contribution in [-0.4, -0.2) is 26.3 Å².